The Morgan fingerprint density at radius 3 is 2.60 bits per heavy atom. The average Bonchev–Trinajstić information content (AvgIpc) is 2.89. The van der Waals surface area contributed by atoms with E-state index in [0.717, 1.165) is 17.5 Å². The summed E-state index contributed by atoms with van der Waals surface area (Å²) in [5.41, 5.74) is 1.72. The molecule has 1 N–H and O–H groups in total. The molecule has 0 spiro atoms. The predicted octanol–water partition coefficient (Wildman–Crippen LogP) is 2.99. The monoisotopic (exact) mass is 346 g/mol. The number of nitrogens with zero attached hydrogens (tertiary/aromatic N) is 1. The Hall–Kier alpha value is -1.88. The molecule has 0 radical (unpaired) electrons. The lowest BCUT2D eigenvalue weighted by atomic mass is 10.0. The molecular weight excluding hydrogens is 316 g/mol. The Morgan fingerprint density at radius 2 is 1.96 bits per heavy atom. The predicted molar refractivity (Wildman–Crippen MR) is 98.3 cm³/mol. The maximum Gasteiger partial charge on any atom is 0.255 e. The van der Waals surface area contributed by atoms with Gasteiger partial charge in [0.1, 0.15) is 6.04 Å². The van der Waals surface area contributed by atoms with Crippen LogP contribution in [0.4, 0.5) is 0 Å². The van der Waals surface area contributed by atoms with Gasteiger partial charge in [-0.05, 0) is 44.2 Å². The summed E-state index contributed by atoms with van der Waals surface area (Å²) in [6.07, 6.45) is 1.63. The smallest absolute Gasteiger partial charge is 0.255 e. The molecule has 0 saturated heterocycles. The maximum atomic E-state index is 12.7. The molecule has 138 valence electrons. The highest BCUT2D eigenvalue weighted by Crippen LogP contribution is 2.26. The normalized spacial score (nSPS) is 15.0. The first kappa shape index (κ1) is 19.4. The summed E-state index contributed by atoms with van der Waals surface area (Å²) in [5.74, 6) is 0.218. The largest absolute Gasteiger partial charge is 0.379 e. The lowest BCUT2D eigenvalue weighted by molar-refractivity contribution is -0.126. The lowest BCUT2D eigenvalue weighted by Gasteiger charge is -2.28. The number of ether oxygens (including phenoxy) is 1. The molecule has 25 heavy (non-hydrogen) atoms. The second-order valence-electron chi connectivity index (χ2n) is 7.30. The standard InChI is InChI=1S/C20H30N2O3/c1-14(2)12-18(19(23)21-10-7-11-25-15(3)4)22-13-16-8-5-6-9-17(16)20(22)24/h5-6,8-9,14-15,18H,7,10-13H2,1-4H3,(H,21,23). The van der Waals surface area contributed by atoms with Crippen molar-refractivity contribution in [2.24, 2.45) is 5.92 Å². The molecule has 1 aromatic carbocycles. The zero-order chi connectivity index (χ0) is 18.4. The summed E-state index contributed by atoms with van der Waals surface area (Å²) < 4.78 is 5.49. The van der Waals surface area contributed by atoms with E-state index in [2.05, 4.69) is 19.2 Å². The van der Waals surface area contributed by atoms with Crippen molar-refractivity contribution in [3.05, 3.63) is 35.4 Å². The third-order valence-corrected chi connectivity index (χ3v) is 4.29. The van der Waals surface area contributed by atoms with Crippen molar-refractivity contribution >= 4 is 11.8 Å². The summed E-state index contributed by atoms with van der Waals surface area (Å²) in [7, 11) is 0. The zero-order valence-electron chi connectivity index (χ0n) is 15.7. The minimum Gasteiger partial charge on any atom is -0.379 e. The first-order valence-electron chi connectivity index (χ1n) is 9.18. The van der Waals surface area contributed by atoms with Crippen molar-refractivity contribution in [2.75, 3.05) is 13.2 Å². The van der Waals surface area contributed by atoms with Gasteiger partial charge in [0.25, 0.3) is 5.91 Å². The highest BCUT2D eigenvalue weighted by molar-refractivity contribution is 6.01. The second-order valence-corrected chi connectivity index (χ2v) is 7.30. The van der Waals surface area contributed by atoms with Crippen molar-refractivity contribution in [3.63, 3.8) is 0 Å². The Kier molecular flexibility index (Phi) is 7.00. The van der Waals surface area contributed by atoms with E-state index in [-0.39, 0.29) is 17.9 Å². The van der Waals surface area contributed by atoms with Crippen LogP contribution in [0.3, 0.4) is 0 Å². The molecule has 0 fully saturated rings. The molecule has 5 nitrogen and oxygen atoms in total. The van der Waals surface area contributed by atoms with Crippen LogP contribution in [0, 0.1) is 5.92 Å². The van der Waals surface area contributed by atoms with Crippen LogP contribution < -0.4 is 5.32 Å². The highest BCUT2D eigenvalue weighted by Gasteiger charge is 2.36. The molecule has 2 rings (SSSR count). The van der Waals surface area contributed by atoms with Crippen molar-refractivity contribution < 1.29 is 14.3 Å². The number of carbonyl (C=O) groups excluding carboxylic acids is 2. The van der Waals surface area contributed by atoms with Gasteiger partial charge in [-0.2, -0.15) is 0 Å². The van der Waals surface area contributed by atoms with E-state index < -0.39 is 6.04 Å². The van der Waals surface area contributed by atoms with Gasteiger partial charge in [-0.15, -0.1) is 0 Å². The van der Waals surface area contributed by atoms with Gasteiger partial charge in [0.2, 0.25) is 5.91 Å². The van der Waals surface area contributed by atoms with E-state index in [4.69, 9.17) is 4.74 Å². The Bertz CT molecular complexity index is 598. The average molecular weight is 346 g/mol. The number of carbonyl (C=O) groups is 2. The van der Waals surface area contributed by atoms with E-state index >= 15 is 0 Å². The molecule has 0 aliphatic carbocycles. The van der Waals surface area contributed by atoms with E-state index in [1.165, 1.54) is 0 Å². The number of hydrogen-bond acceptors (Lipinski definition) is 3. The third-order valence-electron chi connectivity index (χ3n) is 4.29. The Labute approximate surface area is 150 Å². The quantitative estimate of drug-likeness (QED) is 0.699. The van der Waals surface area contributed by atoms with E-state index in [1.54, 1.807) is 4.90 Å². The number of amides is 2. The number of hydrogen-bond donors (Lipinski definition) is 1. The van der Waals surface area contributed by atoms with Crippen LogP contribution in [-0.2, 0) is 16.1 Å². The van der Waals surface area contributed by atoms with Gasteiger partial charge in [0.05, 0.1) is 6.10 Å². The zero-order valence-corrected chi connectivity index (χ0v) is 15.7. The summed E-state index contributed by atoms with van der Waals surface area (Å²) in [5, 5.41) is 2.97. The SMILES string of the molecule is CC(C)CC(C(=O)NCCCOC(C)C)N1Cc2ccccc2C1=O. The topological polar surface area (TPSA) is 58.6 Å². The van der Waals surface area contributed by atoms with Gasteiger partial charge >= 0.3 is 0 Å². The fourth-order valence-electron chi connectivity index (χ4n) is 3.07. The number of fused-ring (bicyclic) bond motifs is 1. The number of benzene rings is 1. The molecule has 2 amide bonds. The maximum absolute atomic E-state index is 12.7. The number of nitrogens with one attached hydrogen (secondary N) is 1. The van der Waals surface area contributed by atoms with E-state index in [0.29, 0.717) is 32.0 Å². The third kappa shape index (κ3) is 5.30. The van der Waals surface area contributed by atoms with Crippen LogP contribution in [0.15, 0.2) is 24.3 Å². The Balaban J connectivity index is 1.97. The molecule has 5 heteroatoms. The molecular formula is C20H30N2O3. The summed E-state index contributed by atoms with van der Waals surface area (Å²) in [4.78, 5) is 27.1. The van der Waals surface area contributed by atoms with E-state index in [9.17, 15) is 9.59 Å². The van der Waals surface area contributed by atoms with Crippen molar-refractivity contribution in [2.45, 2.75) is 59.2 Å². The second kappa shape index (κ2) is 8.99. The van der Waals surface area contributed by atoms with Gasteiger partial charge in [-0.1, -0.05) is 32.0 Å². The van der Waals surface area contributed by atoms with Gasteiger partial charge in [-0.25, -0.2) is 0 Å². The molecule has 1 aliphatic rings. The molecule has 1 unspecified atom stereocenters. The summed E-state index contributed by atoms with van der Waals surface area (Å²) in [6, 6.07) is 7.17. The molecule has 0 saturated carbocycles. The molecule has 1 atom stereocenters. The van der Waals surface area contributed by atoms with E-state index in [1.807, 2.05) is 38.1 Å². The summed E-state index contributed by atoms with van der Waals surface area (Å²) >= 11 is 0. The fourth-order valence-corrected chi connectivity index (χ4v) is 3.07. The molecule has 1 aromatic rings. The highest BCUT2D eigenvalue weighted by atomic mass is 16.5. The minimum atomic E-state index is -0.425. The van der Waals surface area contributed by atoms with Gasteiger partial charge in [-0.3, -0.25) is 9.59 Å². The molecule has 1 heterocycles. The van der Waals surface area contributed by atoms with Crippen LogP contribution in [0.2, 0.25) is 0 Å². The van der Waals surface area contributed by atoms with Crippen LogP contribution in [0.1, 0.15) is 56.5 Å². The minimum absolute atomic E-state index is 0.0421. The number of rotatable bonds is 9. The summed E-state index contributed by atoms with van der Waals surface area (Å²) in [6.45, 7) is 9.84. The van der Waals surface area contributed by atoms with Crippen LogP contribution in [0.5, 0.6) is 0 Å². The molecule has 0 bridgehead atoms. The lowest BCUT2D eigenvalue weighted by Crippen LogP contribution is -2.48. The van der Waals surface area contributed by atoms with Crippen LogP contribution in [0.25, 0.3) is 0 Å². The fraction of sp³-hybridized carbons (Fsp3) is 0.600. The van der Waals surface area contributed by atoms with Gasteiger partial charge in [0.15, 0.2) is 0 Å². The first-order chi connectivity index (χ1) is 11.9. The van der Waals surface area contributed by atoms with Crippen LogP contribution in [-0.4, -0.2) is 42.0 Å². The molecule has 0 aromatic heterocycles. The van der Waals surface area contributed by atoms with Crippen LogP contribution >= 0.6 is 0 Å². The van der Waals surface area contributed by atoms with Gasteiger partial charge < -0.3 is 15.0 Å². The Morgan fingerprint density at radius 1 is 1.24 bits per heavy atom. The first-order valence-corrected chi connectivity index (χ1v) is 9.18. The van der Waals surface area contributed by atoms with Crippen molar-refractivity contribution in [3.8, 4) is 0 Å². The van der Waals surface area contributed by atoms with Gasteiger partial charge in [0, 0.05) is 25.3 Å². The molecule has 1 aliphatic heterocycles. The van der Waals surface area contributed by atoms with Crippen molar-refractivity contribution in [1.82, 2.24) is 10.2 Å². The van der Waals surface area contributed by atoms with Crippen molar-refractivity contribution in [1.29, 1.82) is 0 Å².